The molecule has 2 heterocycles. The van der Waals surface area contributed by atoms with E-state index in [0.29, 0.717) is 12.3 Å². The summed E-state index contributed by atoms with van der Waals surface area (Å²) in [6, 6.07) is 10.4. The number of guanidine groups is 1. The summed E-state index contributed by atoms with van der Waals surface area (Å²) in [5, 5.41) is 3.45. The molecule has 0 saturated carbocycles. The lowest BCUT2D eigenvalue weighted by molar-refractivity contribution is -0.119. The maximum Gasteiger partial charge on any atom is 0.217 e. The fourth-order valence-corrected chi connectivity index (χ4v) is 3.82. The van der Waals surface area contributed by atoms with Gasteiger partial charge < -0.3 is 20.5 Å². The van der Waals surface area contributed by atoms with Gasteiger partial charge in [-0.05, 0) is 24.3 Å². The summed E-state index contributed by atoms with van der Waals surface area (Å²) >= 11 is 0. The molecular weight excluding hydrogens is 479 g/mol. The maximum atomic E-state index is 11.2. The second kappa shape index (κ2) is 11.8. The van der Waals surface area contributed by atoms with Crippen LogP contribution in [-0.2, 0) is 17.8 Å². The lowest BCUT2D eigenvalue weighted by Gasteiger charge is -2.34. The zero-order chi connectivity index (χ0) is 19.8. The molecule has 1 saturated heterocycles. The number of hydrogen-bond donors (Lipinski definition) is 2. The summed E-state index contributed by atoms with van der Waals surface area (Å²) in [6.45, 7) is 3.37. The number of aliphatic imine (C=N–C) groups is 1. The Labute approximate surface area is 189 Å². The average molecular weight is 510 g/mol. The molecule has 1 aromatic heterocycles. The molecule has 0 spiro atoms. The van der Waals surface area contributed by atoms with Crippen molar-refractivity contribution in [3.05, 3.63) is 54.1 Å². The van der Waals surface area contributed by atoms with Crippen molar-refractivity contribution < 1.29 is 4.79 Å². The standard InChI is InChI=1S/C21H30N6O.HI/c1-23-21(27-12-5-8-18(16-27)14-19(22)28)25-10-9-20-24-11-13-26(20)15-17-6-3-2-4-7-17;/h2-4,6-7,11,13,18H,5,8-10,12,14-16H2,1H3,(H2,22,28)(H,23,25);1H. The number of hydrogen-bond acceptors (Lipinski definition) is 3. The third-order valence-corrected chi connectivity index (χ3v) is 5.15. The predicted molar refractivity (Wildman–Crippen MR) is 126 cm³/mol. The maximum absolute atomic E-state index is 11.2. The van der Waals surface area contributed by atoms with Crippen LogP contribution in [-0.4, -0.2) is 53.0 Å². The summed E-state index contributed by atoms with van der Waals surface area (Å²) in [4.78, 5) is 22.4. The number of halogens is 1. The number of benzene rings is 1. The average Bonchev–Trinajstić information content (AvgIpc) is 3.12. The number of nitrogens with one attached hydrogen (secondary N) is 1. The summed E-state index contributed by atoms with van der Waals surface area (Å²) in [7, 11) is 1.80. The van der Waals surface area contributed by atoms with Gasteiger partial charge in [-0.15, -0.1) is 24.0 Å². The van der Waals surface area contributed by atoms with Crippen LogP contribution < -0.4 is 11.1 Å². The molecule has 1 aliphatic heterocycles. The van der Waals surface area contributed by atoms with Crippen molar-refractivity contribution in [3.63, 3.8) is 0 Å². The van der Waals surface area contributed by atoms with Gasteiger partial charge in [0.25, 0.3) is 0 Å². The molecule has 1 amide bonds. The van der Waals surface area contributed by atoms with Crippen LogP contribution in [0.25, 0.3) is 0 Å². The Hall–Kier alpha value is -2.10. The number of carbonyl (C=O) groups is 1. The van der Waals surface area contributed by atoms with Crippen molar-refractivity contribution in [1.82, 2.24) is 19.8 Å². The fraction of sp³-hybridized carbons (Fsp3) is 0.476. The SMILES string of the molecule is CN=C(NCCc1nccn1Cc1ccccc1)N1CCCC(CC(N)=O)C1.I. The normalized spacial score (nSPS) is 16.9. The van der Waals surface area contributed by atoms with Crippen LogP contribution in [0.2, 0.25) is 0 Å². The molecule has 0 aliphatic carbocycles. The van der Waals surface area contributed by atoms with Crippen LogP contribution in [0, 0.1) is 5.92 Å². The van der Waals surface area contributed by atoms with E-state index in [0.717, 1.165) is 57.2 Å². The van der Waals surface area contributed by atoms with Gasteiger partial charge in [0.05, 0.1) is 0 Å². The number of piperidine rings is 1. The highest BCUT2D eigenvalue weighted by atomic mass is 127. The first-order valence-electron chi connectivity index (χ1n) is 9.93. The largest absolute Gasteiger partial charge is 0.370 e. The Bertz CT molecular complexity index is 791. The first-order valence-corrected chi connectivity index (χ1v) is 9.93. The van der Waals surface area contributed by atoms with Crippen molar-refractivity contribution in [1.29, 1.82) is 0 Å². The van der Waals surface area contributed by atoms with Crippen LogP contribution in [0.1, 0.15) is 30.7 Å². The lowest BCUT2D eigenvalue weighted by Crippen LogP contribution is -2.47. The number of rotatable bonds is 7. The predicted octanol–water partition coefficient (Wildman–Crippen LogP) is 2.25. The Morgan fingerprint density at radius 1 is 1.34 bits per heavy atom. The summed E-state index contributed by atoms with van der Waals surface area (Å²) in [5.74, 6) is 2.03. The quantitative estimate of drug-likeness (QED) is 0.340. The van der Waals surface area contributed by atoms with Crippen molar-refractivity contribution >= 4 is 35.8 Å². The molecule has 2 aromatic rings. The first kappa shape index (κ1) is 23.2. The second-order valence-electron chi connectivity index (χ2n) is 7.31. The molecule has 0 bridgehead atoms. The molecule has 1 unspecified atom stereocenters. The van der Waals surface area contributed by atoms with Crippen molar-refractivity contribution in [2.24, 2.45) is 16.6 Å². The summed E-state index contributed by atoms with van der Waals surface area (Å²) < 4.78 is 2.18. The van der Waals surface area contributed by atoms with Crippen LogP contribution >= 0.6 is 24.0 Å². The number of amides is 1. The highest BCUT2D eigenvalue weighted by Crippen LogP contribution is 2.19. The molecule has 29 heavy (non-hydrogen) atoms. The van der Waals surface area contributed by atoms with Crippen molar-refractivity contribution in [2.75, 3.05) is 26.7 Å². The molecule has 3 rings (SSSR count). The van der Waals surface area contributed by atoms with Crippen molar-refractivity contribution in [3.8, 4) is 0 Å². The number of aromatic nitrogens is 2. The van der Waals surface area contributed by atoms with E-state index in [1.54, 1.807) is 7.05 Å². The molecule has 1 aliphatic rings. The molecule has 1 atom stereocenters. The molecule has 7 nitrogen and oxygen atoms in total. The Kier molecular flexibility index (Phi) is 9.43. The van der Waals surface area contributed by atoms with Crippen LogP contribution in [0.5, 0.6) is 0 Å². The third-order valence-electron chi connectivity index (χ3n) is 5.15. The Balaban J connectivity index is 0.00000300. The number of primary amides is 1. The Morgan fingerprint density at radius 2 is 2.14 bits per heavy atom. The number of nitrogens with two attached hydrogens (primary N) is 1. The molecule has 0 radical (unpaired) electrons. The monoisotopic (exact) mass is 510 g/mol. The topological polar surface area (TPSA) is 88.5 Å². The van der Waals surface area contributed by atoms with Gasteiger partial charge >= 0.3 is 0 Å². The highest BCUT2D eigenvalue weighted by molar-refractivity contribution is 14.0. The van der Waals surface area contributed by atoms with Gasteiger partial charge in [-0.2, -0.15) is 0 Å². The van der Waals surface area contributed by atoms with Gasteiger partial charge in [-0.1, -0.05) is 30.3 Å². The van der Waals surface area contributed by atoms with Crippen LogP contribution in [0.3, 0.4) is 0 Å². The van der Waals surface area contributed by atoms with Gasteiger partial charge in [0.15, 0.2) is 5.96 Å². The van der Waals surface area contributed by atoms with E-state index in [2.05, 4.69) is 49.0 Å². The highest BCUT2D eigenvalue weighted by Gasteiger charge is 2.23. The van der Waals surface area contributed by atoms with E-state index in [4.69, 9.17) is 5.73 Å². The number of imidazole rings is 1. The van der Waals surface area contributed by atoms with E-state index in [-0.39, 0.29) is 29.9 Å². The molecule has 8 heteroatoms. The van der Waals surface area contributed by atoms with Gasteiger partial charge in [0, 0.05) is 58.5 Å². The van der Waals surface area contributed by atoms with E-state index in [1.807, 2.05) is 18.5 Å². The van der Waals surface area contributed by atoms with Gasteiger partial charge in [0.2, 0.25) is 5.91 Å². The number of carbonyl (C=O) groups excluding carboxylic acids is 1. The number of likely N-dealkylation sites (tertiary alicyclic amines) is 1. The second-order valence-corrected chi connectivity index (χ2v) is 7.31. The smallest absolute Gasteiger partial charge is 0.217 e. The summed E-state index contributed by atoms with van der Waals surface area (Å²) in [6.07, 6.45) is 7.25. The zero-order valence-electron chi connectivity index (χ0n) is 17.0. The van der Waals surface area contributed by atoms with E-state index >= 15 is 0 Å². The lowest BCUT2D eigenvalue weighted by atomic mass is 9.95. The van der Waals surface area contributed by atoms with Crippen LogP contribution in [0.4, 0.5) is 0 Å². The van der Waals surface area contributed by atoms with Gasteiger partial charge in [-0.3, -0.25) is 9.79 Å². The molecule has 1 fully saturated rings. The van der Waals surface area contributed by atoms with Crippen molar-refractivity contribution in [2.45, 2.75) is 32.2 Å². The summed E-state index contributed by atoms with van der Waals surface area (Å²) in [5.41, 5.74) is 6.63. The Morgan fingerprint density at radius 3 is 2.86 bits per heavy atom. The minimum absolute atomic E-state index is 0. The van der Waals surface area contributed by atoms with E-state index in [1.165, 1.54) is 5.56 Å². The minimum atomic E-state index is -0.222. The van der Waals surface area contributed by atoms with Crippen LogP contribution in [0.15, 0.2) is 47.7 Å². The minimum Gasteiger partial charge on any atom is -0.370 e. The molecule has 1 aromatic carbocycles. The fourth-order valence-electron chi connectivity index (χ4n) is 3.82. The third kappa shape index (κ3) is 7.02. The van der Waals surface area contributed by atoms with Gasteiger partial charge in [-0.25, -0.2) is 4.98 Å². The van der Waals surface area contributed by atoms with E-state index in [9.17, 15) is 4.79 Å². The molecule has 3 N–H and O–H groups in total. The van der Waals surface area contributed by atoms with E-state index < -0.39 is 0 Å². The van der Waals surface area contributed by atoms with Gasteiger partial charge in [0.1, 0.15) is 5.82 Å². The molecule has 158 valence electrons. The first-order chi connectivity index (χ1) is 13.7. The molecular formula is C21H31IN6O. The zero-order valence-corrected chi connectivity index (χ0v) is 19.3. The number of nitrogens with zero attached hydrogens (tertiary/aromatic N) is 4.